The smallest absolute Gasteiger partial charge is 0.305 e. The van der Waals surface area contributed by atoms with E-state index in [1.54, 1.807) is 6.08 Å². The summed E-state index contributed by atoms with van der Waals surface area (Å²) in [5.74, 6) is 5.74. The SMILES string of the molecule is CCCCCC(=O)/C=C/C1CNC(=O)C1CC#CCCCC(=O)OC. The van der Waals surface area contributed by atoms with E-state index in [4.69, 9.17) is 0 Å². The number of allylic oxidation sites excluding steroid dienone is 1. The fourth-order valence-electron chi connectivity index (χ4n) is 2.69. The lowest BCUT2D eigenvalue weighted by atomic mass is 9.91. The summed E-state index contributed by atoms with van der Waals surface area (Å²) in [5.41, 5.74) is 0. The molecule has 25 heavy (non-hydrogen) atoms. The molecular formula is C20H29NO4. The number of hydrogen-bond donors (Lipinski definition) is 1. The van der Waals surface area contributed by atoms with Crippen molar-refractivity contribution in [1.29, 1.82) is 0 Å². The van der Waals surface area contributed by atoms with Gasteiger partial charge in [0, 0.05) is 38.1 Å². The van der Waals surface area contributed by atoms with Crippen LogP contribution >= 0.6 is 0 Å². The maximum absolute atomic E-state index is 11.9. The summed E-state index contributed by atoms with van der Waals surface area (Å²) < 4.78 is 4.57. The Morgan fingerprint density at radius 3 is 2.76 bits per heavy atom. The molecule has 1 saturated heterocycles. The van der Waals surface area contributed by atoms with Gasteiger partial charge in [0.2, 0.25) is 5.91 Å². The highest BCUT2D eigenvalue weighted by Crippen LogP contribution is 2.22. The molecule has 0 radical (unpaired) electrons. The van der Waals surface area contributed by atoms with Crippen LogP contribution in [0.5, 0.6) is 0 Å². The van der Waals surface area contributed by atoms with Crippen molar-refractivity contribution in [3.63, 3.8) is 0 Å². The molecule has 0 aromatic heterocycles. The first-order valence-corrected chi connectivity index (χ1v) is 9.09. The second-order valence-corrected chi connectivity index (χ2v) is 6.29. The van der Waals surface area contributed by atoms with Crippen LogP contribution < -0.4 is 5.32 Å². The molecule has 1 aliphatic rings. The molecule has 138 valence electrons. The molecule has 0 aromatic rings. The lowest BCUT2D eigenvalue weighted by Gasteiger charge is -2.09. The Hall–Kier alpha value is -2.09. The molecule has 0 aromatic carbocycles. The lowest BCUT2D eigenvalue weighted by Crippen LogP contribution is -2.19. The maximum Gasteiger partial charge on any atom is 0.305 e. The number of esters is 1. The molecule has 0 aliphatic carbocycles. The Morgan fingerprint density at radius 2 is 2.04 bits per heavy atom. The van der Waals surface area contributed by atoms with Gasteiger partial charge < -0.3 is 10.1 Å². The van der Waals surface area contributed by atoms with Crippen molar-refractivity contribution in [2.45, 2.75) is 58.3 Å². The predicted molar refractivity (Wildman–Crippen MR) is 96.5 cm³/mol. The Bertz CT molecular complexity index is 542. The van der Waals surface area contributed by atoms with Gasteiger partial charge in [-0.1, -0.05) is 25.8 Å². The van der Waals surface area contributed by atoms with E-state index in [2.05, 4.69) is 28.8 Å². The highest BCUT2D eigenvalue weighted by atomic mass is 16.5. The van der Waals surface area contributed by atoms with Crippen LogP contribution in [0.1, 0.15) is 58.3 Å². The summed E-state index contributed by atoms with van der Waals surface area (Å²) in [5, 5.41) is 2.84. The molecule has 1 heterocycles. The normalized spacial score (nSPS) is 19.4. The zero-order valence-corrected chi connectivity index (χ0v) is 15.3. The third-order valence-corrected chi connectivity index (χ3v) is 4.28. The van der Waals surface area contributed by atoms with E-state index in [0.717, 1.165) is 19.3 Å². The number of ketones is 1. The number of amides is 1. The molecule has 1 rings (SSSR count). The minimum Gasteiger partial charge on any atom is -0.469 e. The number of ether oxygens (including phenoxy) is 1. The summed E-state index contributed by atoms with van der Waals surface area (Å²) in [6.45, 7) is 2.67. The van der Waals surface area contributed by atoms with Crippen LogP contribution in [-0.2, 0) is 19.1 Å². The van der Waals surface area contributed by atoms with Gasteiger partial charge in [0.15, 0.2) is 5.78 Å². The van der Waals surface area contributed by atoms with Gasteiger partial charge >= 0.3 is 5.97 Å². The highest BCUT2D eigenvalue weighted by Gasteiger charge is 2.32. The Labute approximate surface area is 150 Å². The Balaban J connectivity index is 2.39. The molecule has 0 saturated carbocycles. The number of rotatable bonds is 10. The first-order chi connectivity index (χ1) is 12.1. The first kappa shape index (κ1) is 21.0. The van der Waals surface area contributed by atoms with E-state index in [9.17, 15) is 14.4 Å². The quantitative estimate of drug-likeness (QED) is 0.285. The third-order valence-electron chi connectivity index (χ3n) is 4.28. The largest absolute Gasteiger partial charge is 0.469 e. The molecule has 1 amide bonds. The lowest BCUT2D eigenvalue weighted by molar-refractivity contribution is -0.140. The number of carbonyl (C=O) groups excluding carboxylic acids is 3. The molecule has 2 unspecified atom stereocenters. The van der Waals surface area contributed by atoms with Gasteiger partial charge in [0.25, 0.3) is 0 Å². The van der Waals surface area contributed by atoms with E-state index in [-0.39, 0.29) is 29.5 Å². The van der Waals surface area contributed by atoms with Crippen molar-refractivity contribution >= 4 is 17.7 Å². The van der Waals surface area contributed by atoms with Crippen LogP contribution in [0.3, 0.4) is 0 Å². The second kappa shape index (κ2) is 12.3. The van der Waals surface area contributed by atoms with Gasteiger partial charge in [-0.15, -0.1) is 11.8 Å². The van der Waals surface area contributed by atoms with E-state index in [0.29, 0.717) is 38.6 Å². The van der Waals surface area contributed by atoms with Crippen molar-refractivity contribution in [2.24, 2.45) is 11.8 Å². The molecule has 0 bridgehead atoms. The second-order valence-electron chi connectivity index (χ2n) is 6.29. The predicted octanol–water partition coefficient (Wildman–Crippen LogP) is 2.79. The number of carbonyl (C=O) groups is 3. The van der Waals surface area contributed by atoms with Crippen molar-refractivity contribution < 1.29 is 19.1 Å². The molecule has 1 fully saturated rings. The topological polar surface area (TPSA) is 72.5 Å². The number of hydrogen-bond acceptors (Lipinski definition) is 4. The van der Waals surface area contributed by atoms with Gasteiger partial charge in [0.1, 0.15) is 0 Å². The van der Waals surface area contributed by atoms with E-state index < -0.39 is 0 Å². The zero-order valence-electron chi connectivity index (χ0n) is 15.3. The standard InChI is InChI=1S/C20H29NO4/c1-3-4-7-10-17(22)14-13-16-15-21-20(24)18(16)11-8-5-6-9-12-19(23)25-2/h13-14,16,18H,3-4,6-7,9-12,15H2,1-2H3,(H,21,24)/b14-13+. The summed E-state index contributed by atoms with van der Waals surface area (Å²) in [7, 11) is 1.37. The molecular weight excluding hydrogens is 318 g/mol. The average Bonchev–Trinajstić information content (AvgIpc) is 2.96. The van der Waals surface area contributed by atoms with Crippen LogP contribution in [0.4, 0.5) is 0 Å². The van der Waals surface area contributed by atoms with Crippen LogP contribution in [0, 0.1) is 23.7 Å². The van der Waals surface area contributed by atoms with Crippen LogP contribution in [0.15, 0.2) is 12.2 Å². The fraction of sp³-hybridized carbons (Fsp3) is 0.650. The summed E-state index contributed by atoms with van der Waals surface area (Å²) in [6, 6.07) is 0. The molecule has 1 N–H and O–H groups in total. The van der Waals surface area contributed by atoms with E-state index in [1.165, 1.54) is 7.11 Å². The van der Waals surface area contributed by atoms with Crippen molar-refractivity contribution in [3.05, 3.63) is 12.2 Å². The average molecular weight is 347 g/mol. The molecule has 5 nitrogen and oxygen atoms in total. The maximum atomic E-state index is 11.9. The van der Waals surface area contributed by atoms with E-state index >= 15 is 0 Å². The number of methoxy groups -OCH3 is 1. The minimum absolute atomic E-state index is 0.00283. The van der Waals surface area contributed by atoms with Crippen molar-refractivity contribution in [2.75, 3.05) is 13.7 Å². The zero-order chi connectivity index (χ0) is 18.5. The molecule has 2 atom stereocenters. The van der Waals surface area contributed by atoms with Gasteiger partial charge in [-0.25, -0.2) is 0 Å². The first-order valence-electron chi connectivity index (χ1n) is 9.09. The molecule has 0 spiro atoms. The number of unbranched alkanes of at least 4 members (excludes halogenated alkanes) is 3. The summed E-state index contributed by atoms with van der Waals surface area (Å²) in [6.07, 6.45) is 9.24. The summed E-state index contributed by atoms with van der Waals surface area (Å²) >= 11 is 0. The van der Waals surface area contributed by atoms with Gasteiger partial charge in [-0.3, -0.25) is 14.4 Å². The van der Waals surface area contributed by atoms with Crippen molar-refractivity contribution in [1.82, 2.24) is 5.32 Å². The minimum atomic E-state index is -0.231. The Morgan fingerprint density at radius 1 is 1.24 bits per heavy atom. The monoisotopic (exact) mass is 347 g/mol. The van der Waals surface area contributed by atoms with Gasteiger partial charge in [-0.05, 0) is 18.9 Å². The van der Waals surface area contributed by atoms with Crippen molar-refractivity contribution in [3.8, 4) is 11.8 Å². The van der Waals surface area contributed by atoms with Gasteiger partial charge in [0.05, 0.1) is 13.0 Å². The fourth-order valence-corrected chi connectivity index (χ4v) is 2.69. The third kappa shape index (κ3) is 8.53. The summed E-state index contributed by atoms with van der Waals surface area (Å²) in [4.78, 5) is 34.7. The molecule has 5 heteroatoms. The van der Waals surface area contributed by atoms with Crippen LogP contribution in [-0.4, -0.2) is 31.3 Å². The van der Waals surface area contributed by atoms with E-state index in [1.807, 2.05) is 6.08 Å². The van der Waals surface area contributed by atoms with Crippen LogP contribution in [0.25, 0.3) is 0 Å². The van der Waals surface area contributed by atoms with Gasteiger partial charge in [-0.2, -0.15) is 0 Å². The van der Waals surface area contributed by atoms with Crippen LogP contribution in [0.2, 0.25) is 0 Å². The molecule has 1 aliphatic heterocycles. The number of nitrogens with one attached hydrogen (secondary N) is 1. The highest BCUT2D eigenvalue weighted by molar-refractivity contribution is 5.90. The Kier molecular flexibility index (Phi) is 10.3.